The molecule has 0 heterocycles. The Bertz CT molecular complexity index is 857. The lowest BCUT2D eigenvalue weighted by molar-refractivity contribution is -0.119. The van der Waals surface area contributed by atoms with Crippen molar-refractivity contribution in [1.29, 1.82) is 0 Å². The summed E-state index contributed by atoms with van der Waals surface area (Å²) in [6, 6.07) is 14.7. The molecule has 0 bridgehead atoms. The molecular formula is C21H25N3O2S. The minimum absolute atomic E-state index is 0.157. The highest BCUT2D eigenvalue weighted by molar-refractivity contribution is 7.80. The van der Waals surface area contributed by atoms with Gasteiger partial charge in [0.1, 0.15) is 0 Å². The third kappa shape index (κ3) is 6.49. The summed E-state index contributed by atoms with van der Waals surface area (Å²) < 4.78 is 0. The highest BCUT2D eigenvalue weighted by Crippen LogP contribution is 2.16. The van der Waals surface area contributed by atoms with Crippen LogP contribution in [-0.2, 0) is 11.2 Å². The minimum atomic E-state index is -0.355. The normalized spacial score (nSPS) is 10.8. The molecular weight excluding hydrogens is 358 g/mol. The molecule has 0 spiro atoms. The Morgan fingerprint density at radius 1 is 1.00 bits per heavy atom. The van der Waals surface area contributed by atoms with Crippen molar-refractivity contribution in [3.05, 3.63) is 65.2 Å². The standard InChI is InChI=1S/C21H25N3O2S/c1-14-9-5-6-10-15(14)13-18(25)23-20(27)22-17-12-8-7-11-16(17)19(26)24-21(2,3)4/h5-12H,13H2,1-4H3,(H,24,26)(H2,22,23,25,27). The van der Waals surface area contributed by atoms with Gasteiger partial charge >= 0.3 is 0 Å². The second kappa shape index (κ2) is 8.77. The number of thiocarbonyl (C=S) groups is 1. The molecule has 2 rings (SSSR count). The van der Waals surface area contributed by atoms with Gasteiger partial charge in [-0.3, -0.25) is 9.59 Å². The van der Waals surface area contributed by atoms with Crippen LogP contribution in [0.15, 0.2) is 48.5 Å². The molecule has 2 amide bonds. The number of carbonyl (C=O) groups is 2. The van der Waals surface area contributed by atoms with Crippen LogP contribution in [0.5, 0.6) is 0 Å². The van der Waals surface area contributed by atoms with Gasteiger partial charge in [0.2, 0.25) is 5.91 Å². The summed E-state index contributed by atoms with van der Waals surface area (Å²) in [5, 5.41) is 8.69. The zero-order chi connectivity index (χ0) is 20.0. The van der Waals surface area contributed by atoms with Crippen LogP contribution >= 0.6 is 12.2 Å². The van der Waals surface area contributed by atoms with E-state index in [0.717, 1.165) is 11.1 Å². The quantitative estimate of drug-likeness (QED) is 0.706. The first-order chi connectivity index (χ1) is 12.7. The summed E-state index contributed by atoms with van der Waals surface area (Å²) in [5.74, 6) is -0.418. The van der Waals surface area contributed by atoms with Gasteiger partial charge in [-0.1, -0.05) is 36.4 Å². The van der Waals surface area contributed by atoms with E-state index in [1.165, 1.54) is 0 Å². The van der Waals surface area contributed by atoms with Gasteiger partial charge in [0.25, 0.3) is 5.91 Å². The fourth-order valence-electron chi connectivity index (χ4n) is 2.50. The summed E-state index contributed by atoms with van der Waals surface area (Å²) in [7, 11) is 0. The number of amides is 2. The van der Waals surface area contributed by atoms with Gasteiger partial charge in [-0.25, -0.2) is 0 Å². The number of aryl methyl sites for hydroxylation is 1. The maximum atomic E-state index is 12.5. The predicted molar refractivity (Wildman–Crippen MR) is 113 cm³/mol. The number of benzene rings is 2. The second-order valence-electron chi connectivity index (χ2n) is 7.36. The van der Waals surface area contributed by atoms with Gasteiger partial charge < -0.3 is 16.0 Å². The van der Waals surface area contributed by atoms with E-state index >= 15 is 0 Å². The van der Waals surface area contributed by atoms with Crippen LogP contribution in [0.4, 0.5) is 5.69 Å². The fraction of sp³-hybridized carbons (Fsp3) is 0.286. The first-order valence-electron chi connectivity index (χ1n) is 8.72. The Morgan fingerprint density at radius 2 is 1.63 bits per heavy atom. The van der Waals surface area contributed by atoms with Crippen molar-refractivity contribution in [2.45, 2.75) is 39.7 Å². The highest BCUT2D eigenvalue weighted by atomic mass is 32.1. The van der Waals surface area contributed by atoms with E-state index in [9.17, 15) is 9.59 Å². The van der Waals surface area contributed by atoms with E-state index in [1.807, 2.05) is 52.0 Å². The maximum Gasteiger partial charge on any atom is 0.253 e. The van der Waals surface area contributed by atoms with Crippen LogP contribution in [0.2, 0.25) is 0 Å². The molecule has 6 heteroatoms. The number of anilines is 1. The summed E-state index contributed by atoms with van der Waals surface area (Å²) in [6.45, 7) is 7.70. The summed E-state index contributed by atoms with van der Waals surface area (Å²) in [5.41, 5.74) is 2.65. The van der Waals surface area contributed by atoms with E-state index in [4.69, 9.17) is 12.2 Å². The monoisotopic (exact) mass is 383 g/mol. The number of rotatable bonds is 4. The van der Waals surface area contributed by atoms with Crippen molar-refractivity contribution >= 4 is 34.8 Å². The molecule has 0 aliphatic rings. The molecule has 0 aliphatic carbocycles. The predicted octanol–water partition coefficient (Wildman–Crippen LogP) is 3.58. The van der Waals surface area contributed by atoms with E-state index in [-0.39, 0.29) is 28.9 Å². The maximum absolute atomic E-state index is 12.5. The molecule has 0 saturated heterocycles. The zero-order valence-electron chi connectivity index (χ0n) is 16.1. The Kier molecular flexibility index (Phi) is 6.69. The van der Waals surface area contributed by atoms with Gasteiger partial charge in [0.05, 0.1) is 17.7 Å². The topological polar surface area (TPSA) is 70.2 Å². The third-order valence-corrected chi connectivity index (χ3v) is 3.98. The van der Waals surface area contributed by atoms with Gasteiger partial charge in [-0.05, 0) is 63.2 Å². The van der Waals surface area contributed by atoms with Crippen LogP contribution in [0.3, 0.4) is 0 Å². The Morgan fingerprint density at radius 3 is 2.30 bits per heavy atom. The molecule has 0 unspecified atom stereocenters. The molecule has 0 saturated carbocycles. The van der Waals surface area contributed by atoms with E-state index < -0.39 is 0 Å². The molecule has 0 radical (unpaired) electrons. The van der Waals surface area contributed by atoms with Gasteiger partial charge in [-0.15, -0.1) is 0 Å². The second-order valence-corrected chi connectivity index (χ2v) is 7.76. The van der Waals surface area contributed by atoms with Crippen LogP contribution < -0.4 is 16.0 Å². The largest absolute Gasteiger partial charge is 0.347 e. The van der Waals surface area contributed by atoms with Crippen LogP contribution in [-0.4, -0.2) is 22.5 Å². The smallest absolute Gasteiger partial charge is 0.253 e. The van der Waals surface area contributed by atoms with Gasteiger partial charge in [-0.2, -0.15) is 0 Å². The Balaban J connectivity index is 2.03. The molecule has 0 aliphatic heterocycles. The van der Waals surface area contributed by atoms with Crippen LogP contribution in [0.1, 0.15) is 42.3 Å². The molecule has 0 fully saturated rings. The highest BCUT2D eigenvalue weighted by Gasteiger charge is 2.18. The van der Waals surface area contributed by atoms with Crippen molar-refractivity contribution in [3.63, 3.8) is 0 Å². The number of carbonyl (C=O) groups excluding carboxylic acids is 2. The van der Waals surface area contributed by atoms with E-state index in [2.05, 4.69) is 16.0 Å². The van der Waals surface area contributed by atoms with Crippen molar-refractivity contribution < 1.29 is 9.59 Å². The minimum Gasteiger partial charge on any atom is -0.347 e. The lowest BCUT2D eigenvalue weighted by atomic mass is 10.1. The van der Waals surface area contributed by atoms with E-state index in [1.54, 1.807) is 24.3 Å². The average Bonchev–Trinajstić information content (AvgIpc) is 2.55. The van der Waals surface area contributed by atoms with Crippen LogP contribution in [0.25, 0.3) is 0 Å². The first-order valence-corrected chi connectivity index (χ1v) is 9.13. The van der Waals surface area contributed by atoms with Crippen molar-refractivity contribution in [3.8, 4) is 0 Å². The SMILES string of the molecule is Cc1ccccc1CC(=O)NC(=S)Nc1ccccc1C(=O)NC(C)(C)C. The summed E-state index contributed by atoms with van der Waals surface area (Å²) >= 11 is 5.24. The molecule has 142 valence electrons. The van der Waals surface area contributed by atoms with Gasteiger partial charge in [0.15, 0.2) is 5.11 Å². The Labute approximate surface area is 165 Å². The molecule has 5 nitrogen and oxygen atoms in total. The summed E-state index contributed by atoms with van der Waals surface area (Å²) in [4.78, 5) is 24.7. The average molecular weight is 384 g/mol. The molecule has 2 aromatic carbocycles. The molecule has 27 heavy (non-hydrogen) atoms. The van der Waals surface area contributed by atoms with E-state index in [0.29, 0.717) is 11.3 Å². The Hall–Kier alpha value is -2.73. The van der Waals surface area contributed by atoms with Gasteiger partial charge in [0, 0.05) is 5.54 Å². The molecule has 2 aromatic rings. The number of hydrogen-bond donors (Lipinski definition) is 3. The van der Waals surface area contributed by atoms with Crippen LogP contribution in [0, 0.1) is 6.92 Å². The third-order valence-electron chi connectivity index (χ3n) is 3.77. The number of nitrogens with one attached hydrogen (secondary N) is 3. The lowest BCUT2D eigenvalue weighted by Crippen LogP contribution is -2.41. The lowest BCUT2D eigenvalue weighted by Gasteiger charge is -2.21. The summed E-state index contributed by atoms with van der Waals surface area (Å²) in [6.07, 6.45) is 0.237. The first kappa shape index (κ1) is 20.6. The molecule has 0 atom stereocenters. The number of para-hydroxylation sites is 1. The number of hydrogen-bond acceptors (Lipinski definition) is 3. The zero-order valence-corrected chi connectivity index (χ0v) is 16.9. The van der Waals surface area contributed by atoms with Crippen molar-refractivity contribution in [2.24, 2.45) is 0 Å². The molecule has 0 aromatic heterocycles. The molecule has 3 N–H and O–H groups in total. The fourth-order valence-corrected chi connectivity index (χ4v) is 2.73. The van der Waals surface area contributed by atoms with Crippen molar-refractivity contribution in [1.82, 2.24) is 10.6 Å². The van der Waals surface area contributed by atoms with Crippen molar-refractivity contribution in [2.75, 3.05) is 5.32 Å².